The molecule has 0 aliphatic carbocycles. The monoisotopic (exact) mass is 181 g/mol. The van der Waals surface area contributed by atoms with E-state index in [9.17, 15) is 17.3 Å². The zero-order valence-corrected chi connectivity index (χ0v) is 6.27. The molecule has 0 radical (unpaired) electrons. The van der Waals surface area contributed by atoms with E-state index in [4.69, 9.17) is 0 Å². The lowest BCUT2D eigenvalue weighted by molar-refractivity contribution is 0.460. The zero-order valence-electron chi connectivity index (χ0n) is 6.27. The van der Waals surface area contributed by atoms with Crippen LogP contribution in [0.1, 0.15) is 6.92 Å². The summed E-state index contributed by atoms with van der Waals surface area (Å²) >= 11 is 0. The molecule has 1 aromatic heterocycles. The predicted molar refractivity (Wildman–Crippen MR) is 36.6 cm³/mol. The topological polar surface area (TPSA) is 17.8 Å². The van der Waals surface area contributed by atoms with Crippen LogP contribution < -0.4 is 5.46 Å². The summed E-state index contributed by atoms with van der Waals surface area (Å²) < 4.78 is 49.3. The van der Waals surface area contributed by atoms with Gasteiger partial charge in [-0.3, -0.25) is 0 Å². The number of rotatable bonds is 2. The lowest BCUT2D eigenvalue weighted by Gasteiger charge is -2.11. The second kappa shape index (κ2) is 2.80. The van der Waals surface area contributed by atoms with Crippen molar-refractivity contribution >= 4 is 12.4 Å². The highest BCUT2D eigenvalue weighted by Crippen LogP contribution is 2.10. The average Bonchev–Trinajstić information content (AvgIpc) is 2.29. The molecular weight excluding hydrogens is 175 g/mol. The first-order valence-corrected chi connectivity index (χ1v) is 3.38. The summed E-state index contributed by atoms with van der Waals surface area (Å²) in [7, 11) is 0. The molecule has 0 saturated heterocycles. The lowest BCUT2D eigenvalue weighted by Crippen LogP contribution is -2.36. The molecule has 0 atom stereocenters. The van der Waals surface area contributed by atoms with Crippen molar-refractivity contribution < 1.29 is 17.3 Å². The Morgan fingerprint density at radius 2 is 2.08 bits per heavy atom. The van der Waals surface area contributed by atoms with Gasteiger partial charge in [-0.2, -0.15) is 9.49 Å². The normalized spacial score (nSPS) is 12.1. The van der Waals surface area contributed by atoms with Gasteiger partial charge in [-0.15, -0.1) is 0 Å². The highest BCUT2D eigenvalue weighted by Gasteiger charge is 2.31. The van der Waals surface area contributed by atoms with E-state index >= 15 is 0 Å². The summed E-state index contributed by atoms with van der Waals surface area (Å²) in [6.07, 6.45) is 0.513. The molecule has 1 heterocycles. The van der Waals surface area contributed by atoms with Crippen molar-refractivity contribution in [2.45, 2.75) is 13.5 Å². The quantitative estimate of drug-likeness (QED) is 0.493. The molecule has 68 valence electrons. The Hall–Kier alpha value is -1.01. The summed E-state index contributed by atoms with van der Waals surface area (Å²) in [5.74, 6) is -1.30. The van der Waals surface area contributed by atoms with Crippen molar-refractivity contribution in [1.29, 1.82) is 0 Å². The Labute approximate surface area is 66.2 Å². The molecule has 0 fully saturated rings. The Balaban J connectivity index is 3.11. The third-order valence-corrected chi connectivity index (χ3v) is 1.45. The largest absolute Gasteiger partial charge is 0.515 e. The Bertz CT molecular complexity index is 279. The van der Waals surface area contributed by atoms with Crippen molar-refractivity contribution in [3.63, 3.8) is 0 Å². The first-order valence-electron chi connectivity index (χ1n) is 3.38. The molecular formula is C5H6BF4N2-. The van der Waals surface area contributed by atoms with E-state index in [-0.39, 0.29) is 6.54 Å². The maximum absolute atomic E-state index is 12.7. The van der Waals surface area contributed by atoms with E-state index in [1.54, 1.807) is 0 Å². The number of aromatic nitrogens is 2. The van der Waals surface area contributed by atoms with Gasteiger partial charge in [0.1, 0.15) is 0 Å². The molecule has 1 aromatic rings. The van der Waals surface area contributed by atoms with E-state index in [0.29, 0.717) is 10.9 Å². The fraction of sp³-hybridized carbons (Fsp3) is 0.400. The van der Waals surface area contributed by atoms with Crippen LogP contribution in [0.3, 0.4) is 0 Å². The molecule has 7 heteroatoms. The van der Waals surface area contributed by atoms with Gasteiger partial charge in [-0.1, -0.05) is 0 Å². The van der Waals surface area contributed by atoms with Crippen LogP contribution in [0, 0.1) is 5.95 Å². The van der Waals surface area contributed by atoms with Crippen LogP contribution in [-0.2, 0) is 6.54 Å². The maximum Gasteiger partial charge on any atom is 0.515 e. The van der Waals surface area contributed by atoms with Crippen molar-refractivity contribution in [2.75, 3.05) is 0 Å². The van der Waals surface area contributed by atoms with Crippen LogP contribution in [0.25, 0.3) is 0 Å². The fourth-order valence-corrected chi connectivity index (χ4v) is 0.825. The van der Waals surface area contributed by atoms with Gasteiger partial charge in [0.05, 0.1) is 0 Å². The number of hydrogen-bond donors (Lipinski definition) is 0. The van der Waals surface area contributed by atoms with Gasteiger partial charge in [0.25, 0.3) is 0 Å². The zero-order chi connectivity index (χ0) is 9.35. The molecule has 12 heavy (non-hydrogen) atoms. The van der Waals surface area contributed by atoms with Crippen LogP contribution in [-0.4, -0.2) is 16.8 Å². The van der Waals surface area contributed by atoms with E-state index in [2.05, 4.69) is 5.10 Å². The van der Waals surface area contributed by atoms with Crippen LogP contribution in [0.2, 0.25) is 0 Å². The van der Waals surface area contributed by atoms with Gasteiger partial charge in [-0.25, -0.2) is 4.68 Å². The van der Waals surface area contributed by atoms with Gasteiger partial charge >= 0.3 is 6.98 Å². The van der Waals surface area contributed by atoms with Gasteiger partial charge < -0.3 is 12.9 Å². The standard InChI is InChI=1S/C5H6BF4N2/c1-2-12-5(7)4(3-11-12)6(8,9)10/h3H,2H2,1H3/q-1. The van der Waals surface area contributed by atoms with Crippen molar-refractivity contribution in [1.82, 2.24) is 9.78 Å². The van der Waals surface area contributed by atoms with Gasteiger partial charge in [0, 0.05) is 12.7 Å². The Morgan fingerprint density at radius 1 is 1.50 bits per heavy atom. The number of nitrogens with zero attached hydrogens (tertiary/aromatic N) is 2. The summed E-state index contributed by atoms with van der Waals surface area (Å²) in [6.45, 7) is -3.66. The fourth-order valence-electron chi connectivity index (χ4n) is 0.825. The first-order chi connectivity index (χ1) is 5.46. The third-order valence-electron chi connectivity index (χ3n) is 1.45. The maximum atomic E-state index is 12.7. The van der Waals surface area contributed by atoms with Crippen molar-refractivity contribution in [3.05, 3.63) is 12.1 Å². The minimum absolute atomic E-state index is 0.0952. The molecule has 0 aliphatic rings. The minimum atomic E-state index is -5.27. The SMILES string of the molecule is CCn1ncc([B-](F)(F)F)c1F. The molecule has 0 unspecified atom stereocenters. The Kier molecular flexibility index (Phi) is 2.12. The van der Waals surface area contributed by atoms with Crippen LogP contribution in [0.4, 0.5) is 17.3 Å². The smallest absolute Gasteiger partial charge is 0.445 e. The molecule has 0 aliphatic heterocycles. The summed E-state index contributed by atoms with van der Waals surface area (Å²) in [6, 6.07) is 0. The number of hydrogen-bond acceptors (Lipinski definition) is 1. The molecule has 2 nitrogen and oxygen atoms in total. The molecule has 0 saturated carbocycles. The van der Waals surface area contributed by atoms with Crippen LogP contribution in [0.5, 0.6) is 0 Å². The molecule has 0 aromatic carbocycles. The van der Waals surface area contributed by atoms with Gasteiger partial charge in [0.2, 0.25) is 0 Å². The number of aryl methyl sites for hydroxylation is 1. The third kappa shape index (κ3) is 1.44. The molecule has 0 N–H and O–H groups in total. The minimum Gasteiger partial charge on any atom is -0.445 e. The van der Waals surface area contributed by atoms with E-state index < -0.39 is 18.4 Å². The summed E-state index contributed by atoms with van der Waals surface area (Å²) in [4.78, 5) is 0. The summed E-state index contributed by atoms with van der Waals surface area (Å²) in [5, 5.41) is 3.24. The van der Waals surface area contributed by atoms with E-state index in [1.807, 2.05) is 0 Å². The molecule has 0 spiro atoms. The Morgan fingerprint density at radius 3 is 2.33 bits per heavy atom. The highest BCUT2D eigenvalue weighted by molar-refractivity contribution is 6.73. The lowest BCUT2D eigenvalue weighted by atomic mass is 9.83. The second-order valence-corrected chi connectivity index (χ2v) is 2.28. The van der Waals surface area contributed by atoms with E-state index in [1.165, 1.54) is 6.92 Å². The van der Waals surface area contributed by atoms with Crippen molar-refractivity contribution in [2.24, 2.45) is 0 Å². The van der Waals surface area contributed by atoms with Crippen molar-refractivity contribution in [3.8, 4) is 0 Å². The number of halogens is 4. The highest BCUT2D eigenvalue weighted by atomic mass is 19.4. The average molecular weight is 181 g/mol. The van der Waals surface area contributed by atoms with Gasteiger partial charge in [-0.05, 0) is 12.4 Å². The molecule has 0 amide bonds. The van der Waals surface area contributed by atoms with Crippen LogP contribution in [0.15, 0.2) is 6.20 Å². The van der Waals surface area contributed by atoms with E-state index in [0.717, 1.165) is 0 Å². The second-order valence-electron chi connectivity index (χ2n) is 2.28. The van der Waals surface area contributed by atoms with Gasteiger partial charge in [0.15, 0.2) is 5.95 Å². The van der Waals surface area contributed by atoms with Crippen LogP contribution >= 0.6 is 0 Å². The molecule has 1 rings (SSSR count). The summed E-state index contributed by atoms with van der Waals surface area (Å²) in [5.41, 5.74) is -1.25. The predicted octanol–water partition coefficient (Wildman–Crippen LogP) is 1.10. The molecule has 0 bridgehead atoms. The first kappa shape index (κ1) is 9.09.